The van der Waals surface area contributed by atoms with Crippen molar-refractivity contribution in [3.63, 3.8) is 0 Å². The summed E-state index contributed by atoms with van der Waals surface area (Å²) >= 11 is 3.51. The molecule has 0 radical (unpaired) electrons. The van der Waals surface area contributed by atoms with Gasteiger partial charge in [0.1, 0.15) is 0 Å². The summed E-state index contributed by atoms with van der Waals surface area (Å²) in [4.78, 5) is 12.4. The highest BCUT2D eigenvalue weighted by atomic mass is 79.9. The third-order valence-electron chi connectivity index (χ3n) is 5.33. The number of benzene rings is 1. The van der Waals surface area contributed by atoms with Crippen LogP contribution in [0.3, 0.4) is 0 Å². The molecule has 1 aromatic rings. The molecule has 0 atom stereocenters. The maximum Gasteiger partial charge on any atom is 0.223 e. The smallest absolute Gasteiger partial charge is 0.223 e. The van der Waals surface area contributed by atoms with E-state index in [1.54, 1.807) is 0 Å². The molecule has 3 nitrogen and oxygen atoms in total. The molecule has 1 saturated carbocycles. The van der Waals surface area contributed by atoms with Crippen LogP contribution in [0.15, 0.2) is 28.7 Å². The van der Waals surface area contributed by atoms with Crippen molar-refractivity contribution in [1.82, 2.24) is 10.6 Å². The second kappa shape index (κ2) is 7.14. The molecular formula is C18H25BrN2O. The summed E-state index contributed by atoms with van der Waals surface area (Å²) in [6.07, 6.45) is 6.83. The second-order valence-electron chi connectivity index (χ2n) is 6.74. The topological polar surface area (TPSA) is 41.1 Å². The molecule has 22 heavy (non-hydrogen) atoms. The van der Waals surface area contributed by atoms with Crippen molar-refractivity contribution in [2.75, 3.05) is 19.6 Å². The molecule has 0 unspecified atom stereocenters. The lowest BCUT2D eigenvalue weighted by molar-refractivity contribution is -0.126. The normalized spacial score (nSPS) is 21.7. The fourth-order valence-corrected chi connectivity index (χ4v) is 4.17. The first-order valence-electron chi connectivity index (χ1n) is 8.44. The number of piperidine rings is 1. The highest BCUT2D eigenvalue weighted by molar-refractivity contribution is 9.10. The number of carbonyl (C=O) groups excluding carboxylic acids is 1. The van der Waals surface area contributed by atoms with Gasteiger partial charge < -0.3 is 10.6 Å². The molecule has 0 spiro atoms. The van der Waals surface area contributed by atoms with Gasteiger partial charge in [-0.05, 0) is 56.5 Å². The first-order chi connectivity index (χ1) is 10.7. The van der Waals surface area contributed by atoms with E-state index in [4.69, 9.17) is 0 Å². The lowest BCUT2D eigenvalue weighted by Crippen LogP contribution is -2.43. The van der Waals surface area contributed by atoms with Crippen LogP contribution in [0.2, 0.25) is 0 Å². The lowest BCUT2D eigenvalue weighted by Gasteiger charge is -2.31. The van der Waals surface area contributed by atoms with E-state index in [1.165, 1.54) is 31.2 Å². The van der Waals surface area contributed by atoms with Crippen molar-refractivity contribution in [1.29, 1.82) is 0 Å². The SMILES string of the molecule is O=C(NCC1(c2ccc(Br)cc2)CCCC1)C1CCNCC1. The van der Waals surface area contributed by atoms with Crippen LogP contribution in [0, 0.1) is 5.92 Å². The summed E-state index contributed by atoms with van der Waals surface area (Å²) in [6.45, 7) is 2.73. The maximum atomic E-state index is 12.4. The quantitative estimate of drug-likeness (QED) is 0.859. The molecule has 1 aromatic carbocycles. The monoisotopic (exact) mass is 364 g/mol. The highest BCUT2D eigenvalue weighted by Gasteiger charge is 2.36. The summed E-state index contributed by atoms with van der Waals surface area (Å²) < 4.78 is 1.11. The average molecular weight is 365 g/mol. The number of hydrogen-bond acceptors (Lipinski definition) is 2. The molecule has 1 aliphatic carbocycles. The standard InChI is InChI=1S/C18H25BrN2O/c19-16-5-3-15(4-6-16)18(9-1-2-10-18)13-21-17(22)14-7-11-20-12-8-14/h3-6,14,20H,1-2,7-13H2,(H,21,22). The van der Waals surface area contributed by atoms with Crippen molar-refractivity contribution in [3.05, 3.63) is 34.3 Å². The predicted octanol–water partition coefficient (Wildman–Crippen LogP) is 3.38. The van der Waals surface area contributed by atoms with Crippen molar-refractivity contribution in [2.24, 2.45) is 5.92 Å². The van der Waals surface area contributed by atoms with E-state index < -0.39 is 0 Å². The van der Waals surface area contributed by atoms with Gasteiger partial charge in [0.15, 0.2) is 0 Å². The molecule has 2 aliphatic rings. The Morgan fingerprint density at radius 3 is 2.45 bits per heavy atom. The molecule has 1 saturated heterocycles. The van der Waals surface area contributed by atoms with Crippen LogP contribution in [-0.2, 0) is 10.2 Å². The van der Waals surface area contributed by atoms with Gasteiger partial charge in [0.25, 0.3) is 0 Å². The van der Waals surface area contributed by atoms with E-state index in [0.29, 0.717) is 0 Å². The number of halogens is 1. The number of hydrogen-bond donors (Lipinski definition) is 2. The first-order valence-corrected chi connectivity index (χ1v) is 9.23. The van der Waals surface area contributed by atoms with Crippen molar-refractivity contribution >= 4 is 21.8 Å². The Hall–Kier alpha value is -0.870. The van der Waals surface area contributed by atoms with Gasteiger partial charge in [0.05, 0.1) is 0 Å². The lowest BCUT2D eigenvalue weighted by atomic mass is 9.78. The van der Waals surface area contributed by atoms with Crippen LogP contribution in [0.4, 0.5) is 0 Å². The third kappa shape index (κ3) is 3.54. The average Bonchev–Trinajstić information content (AvgIpc) is 3.04. The van der Waals surface area contributed by atoms with Crippen molar-refractivity contribution < 1.29 is 4.79 Å². The fourth-order valence-electron chi connectivity index (χ4n) is 3.91. The van der Waals surface area contributed by atoms with Gasteiger partial charge in [0, 0.05) is 22.4 Å². The Morgan fingerprint density at radius 2 is 1.82 bits per heavy atom. The number of carbonyl (C=O) groups is 1. The van der Waals surface area contributed by atoms with Crippen molar-refractivity contribution in [2.45, 2.75) is 43.9 Å². The third-order valence-corrected chi connectivity index (χ3v) is 5.86. The molecule has 0 aromatic heterocycles. The van der Waals surface area contributed by atoms with Crippen LogP contribution >= 0.6 is 15.9 Å². The summed E-state index contributed by atoms with van der Waals surface area (Å²) in [6, 6.07) is 8.66. The minimum Gasteiger partial charge on any atom is -0.355 e. The van der Waals surface area contributed by atoms with Gasteiger partial charge in [-0.1, -0.05) is 40.9 Å². The van der Waals surface area contributed by atoms with Crippen LogP contribution in [0.5, 0.6) is 0 Å². The molecule has 0 bridgehead atoms. The Bertz CT molecular complexity index is 502. The van der Waals surface area contributed by atoms with E-state index >= 15 is 0 Å². The van der Waals surface area contributed by atoms with Crippen molar-refractivity contribution in [3.8, 4) is 0 Å². The van der Waals surface area contributed by atoms with E-state index in [2.05, 4.69) is 50.8 Å². The zero-order valence-corrected chi connectivity index (χ0v) is 14.6. The van der Waals surface area contributed by atoms with Gasteiger partial charge in [-0.25, -0.2) is 0 Å². The molecule has 1 amide bonds. The fraction of sp³-hybridized carbons (Fsp3) is 0.611. The van der Waals surface area contributed by atoms with Gasteiger partial charge in [0.2, 0.25) is 5.91 Å². The Kier molecular flexibility index (Phi) is 5.19. The van der Waals surface area contributed by atoms with Gasteiger partial charge in [-0.15, -0.1) is 0 Å². The highest BCUT2D eigenvalue weighted by Crippen LogP contribution is 2.41. The summed E-state index contributed by atoms with van der Waals surface area (Å²) in [5, 5.41) is 6.59. The number of amides is 1. The zero-order chi connectivity index (χ0) is 15.4. The van der Waals surface area contributed by atoms with E-state index in [-0.39, 0.29) is 17.2 Å². The van der Waals surface area contributed by atoms with Gasteiger partial charge in [-0.2, -0.15) is 0 Å². The molecular weight excluding hydrogens is 340 g/mol. The van der Waals surface area contributed by atoms with E-state index in [1.807, 2.05) is 0 Å². The summed E-state index contributed by atoms with van der Waals surface area (Å²) in [5.74, 6) is 0.453. The molecule has 3 rings (SSSR count). The Labute approximate surface area is 141 Å². The Morgan fingerprint density at radius 1 is 1.18 bits per heavy atom. The molecule has 1 aliphatic heterocycles. The molecule has 2 fully saturated rings. The predicted molar refractivity (Wildman–Crippen MR) is 92.9 cm³/mol. The Balaban J connectivity index is 1.66. The molecule has 4 heteroatoms. The maximum absolute atomic E-state index is 12.4. The summed E-state index contributed by atoms with van der Waals surface area (Å²) in [7, 11) is 0. The number of rotatable bonds is 4. The second-order valence-corrected chi connectivity index (χ2v) is 7.65. The zero-order valence-electron chi connectivity index (χ0n) is 13.0. The van der Waals surface area contributed by atoms with Gasteiger partial charge in [-0.3, -0.25) is 4.79 Å². The molecule has 120 valence electrons. The van der Waals surface area contributed by atoms with E-state index in [9.17, 15) is 4.79 Å². The van der Waals surface area contributed by atoms with E-state index in [0.717, 1.165) is 36.9 Å². The van der Waals surface area contributed by atoms with Crippen LogP contribution < -0.4 is 10.6 Å². The minimum absolute atomic E-state index is 0.142. The number of nitrogens with one attached hydrogen (secondary N) is 2. The summed E-state index contributed by atoms with van der Waals surface area (Å²) in [5.41, 5.74) is 1.52. The van der Waals surface area contributed by atoms with Crippen LogP contribution in [-0.4, -0.2) is 25.5 Å². The van der Waals surface area contributed by atoms with Crippen LogP contribution in [0.25, 0.3) is 0 Å². The molecule has 1 heterocycles. The molecule has 2 N–H and O–H groups in total. The van der Waals surface area contributed by atoms with Crippen LogP contribution in [0.1, 0.15) is 44.1 Å². The van der Waals surface area contributed by atoms with Gasteiger partial charge >= 0.3 is 0 Å². The minimum atomic E-state index is 0.142. The largest absolute Gasteiger partial charge is 0.355 e. The first kappa shape index (κ1) is 16.0.